The van der Waals surface area contributed by atoms with Gasteiger partial charge in [-0.15, -0.1) is 5.54 Å². The Morgan fingerprint density at radius 2 is 1.92 bits per heavy atom. The van der Waals surface area contributed by atoms with E-state index in [2.05, 4.69) is 44.1 Å². The lowest BCUT2D eigenvalue weighted by atomic mass is 10.2. The molecule has 0 aromatic carbocycles. The molecule has 0 aliphatic carbocycles. The van der Waals surface area contributed by atoms with E-state index in [1.54, 1.807) is 0 Å². The van der Waals surface area contributed by atoms with Gasteiger partial charge in [-0.05, 0) is 6.42 Å². The van der Waals surface area contributed by atoms with Gasteiger partial charge in [0.05, 0.1) is 0 Å². The largest absolute Gasteiger partial charge is 0.380 e. The molecule has 0 aliphatic rings. The molecular weight excluding hydrogens is 176 g/mol. The molecule has 1 atom stereocenters. The van der Waals surface area contributed by atoms with Crippen molar-refractivity contribution in [2.24, 2.45) is 0 Å². The fraction of sp³-hybridized carbons (Fsp3) is 0.636. The maximum absolute atomic E-state index is 9.44. The summed E-state index contributed by atoms with van der Waals surface area (Å²) in [6, 6.07) is 0. The fourth-order valence-electron chi connectivity index (χ4n) is 0.751. The van der Waals surface area contributed by atoms with E-state index in [1.807, 2.05) is 6.08 Å². The van der Waals surface area contributed by atoms with Crippen molar-refractivity contribution in [3.8, 4) is 11.5 Å². The number of rotatable bonds is 3. The molecule has 0 rings (SSSR count). The monoisotopic (exact) mass is 196 g/mol. The molecule has 0 aromatic heterocycles. The Morgan fingerprint density at radius 1 is 1.31 bits per heavy atom. The molecular formula is C11H20OSi. The Kier molecular flexibility index (Phi) is 5.77. The number of hydrogen-bond donors (Lipinski definition) is 1. The van der Waals surface area contributed by atoms with Crippen molar-refractivity contribution in [2.45, 2.75) is 45.5 Å². The van der Waals surface area contributed by atoms with Crippen LogP contribution in [0.4, 0.5) is 0 Å². The molecule has 0 fully saturated rings. The molecule has 0 bridgehead atoms. The minimum atomic E-state index is -1.31. The van der Waals surface area contributed by atoms with E-state index in [4.69, 9.17) is 0 Å². The summed E-state index contributed by atoms with van der Waals surface area (Å²) in [4.78, 5) is 0. The second-order valence-corrected chi connectivity index (χ2v) is 8.90. The van der Waals surface area contributed by atoms with Crippen LogP contribution in [0.5, 0.6) is 0 Å². The van der Waals surface area contributed by atoms with Crippen molar-refractivity contribution in [1.82, 2.24) is 0 Å². The average Bonchev–Trinajstić information content (AvgIpc) is 2.00. The van der Waals surface area contributed by atoms with Crippen LogP contribution in [-0.4, -0.2) is 19.3 Å². The van der Waals surface area contributed by atoms with Crippen LogP contribution in [0.1, 0.15) is 19.8 Å². The van der Waals surface area contributed by atoms with Gasteiger partial charge >= 0.3 is 0 Å². The zero-order valence-electron chi connectivity index (χ0n) is 9.09. The van der Waals surface area contributed by atoms with Crippen LogP contribution in [0.15, 0.2) is 12.2 Å². The summed E-state index contributed by atoms with van der Waals surface area (Å²) in [5, 5.41) is 9.44. The Bertz CT molecular complexity index is 214. The second kappa shape index (κ2) is 6.01. The fourth-order valence-corrected chi connectivity index (χ4v) is 1.35. The lowest BCUT2D eigenvalue weighted by Gasteiger charge is -2.05. The molecule has 0 radical (unpaired) electrons. The van der Waals surface area contributed by atoms with E-state index in [0.717, 1.165) is 6.42 Å². The van der Waals surface area contributed by atoms with E-state index < -0.39 is 14.2 Å². The zero-order chi connectivity index (χ0) is 10.3. The molecule has 0 unspecified atom stereocenters. The highest BCUT2D eigenvalue weighted by Crippen LogP contribution is 1.98. The molecule has 74 valence electrons. The summed E-state index contributed by atoms with van der Waals surface area (Å²) < 4.78 is 0. The summed E-state index contributed by atoms with van der Waals surface area (Å²) in [6.07, 6.45) is 5.25. The Balaban J connectivity index is 3.91. The molecule has 13 heavy (non-hydrogen) atoms. The molecule has 0 heterocycles. The molecule has 1 N–H and O–H groups in total. The summed E-state index contributed by atoms with van der Waals surface area (Å²) in [6.45, 7) is 8.61. The summed E-state index contributed by atoms with van der Waals surface area (Å²) in [5.41, 5.74) is 3.15. The number of aliphatic hydroxyl groups is 1. The van der Waals surface area contributed by atoms with E-state index in [-0.39, 0.29) is 0 Å². The first-order valence-corrected chi connectivity index (χ1v) is 8.31. The first-order chi connectivity index (χ1) is 5.95. The van der Waals surface area contributed by atoms with E-state index >= 15 is 0 Å². The lowest BCUT2D eigenvalue weighted by Crippen LogP contribution is -2.17. The third-order valence-electron chi connectivity index (χ3n) is 1.38. The van der Waals surface area contributed by atoms with Gasteiger partial charge in [0.1, 0.15) is 14.2 Å². The van der Waals surface area contributed by atoms with E-state index in [0.29, 0.717) is 6.42 Å². The number of allylic oxidation sites excluding steroid dienone is 1. The van der Waals surface area contributed by atoms with Crippen LogP contribution < -0.4 is 0 Å². The Hall–Kier alpha value is -0.523. The van der Waals surface area contributed by atoms with Crippen molar-refractivity contribution in [3.05, 3.63) is 12.2 Å². The lowest BCUT2D eigenvalue weighted by molar-refractivity contribution is 0.236. The van der Waals surface area contributed by atoms with Gasteiger partial charge < -0.3 is 5.11 Å². The maximum Gasteiger partial charge on any atom is 0.129 e. The van der Waals surface area contributed by atoms with Gasteiger partial charge in [-0.1, -0.05) is 44.6 Å². The van der Waals surface area contributed by atoms with Crippen molar-refractivity contribution in [1.29, 1.82) is 0 Å². The Morgan fingerprint density at radius 3 is 2.38 bits per heavy atom. The van der Waals surface area contributed by atoms with Crippen molar-refractivity contribution >= 4 is 8.07 Å². The number of hydrogen-bond acceptors (Lipinski definition) is 1. The summed E-state index contributed by atoms with van der Waals surface area (Å²) in [7, 11) is -1.31. The molecule has 0 amide bonds. The van der Waals surface area contributed by atoms with Crippen molar-refractivity contribution < 1.29 is 5.11 Å². The summed E-state index contributed by atoms with van der Waals surface area (Å²) >= 11 is 0. The highest BCUT2D eigenvalue weighted by molar-refractivity contribution is 6.83. The third kappa shape index (κ3) is 9.39. The molecule has 0 aliphatic heterocycles. The van der Waals surface area contributed by atoms with Crippen LogP contribution in [-0.2, 0) is 0 Å². The molecule has 0 saturated heterocycles. The van der Waals surface area contributed by atoms with Gasteiger partial charge in [0, 0.05) is 6.42 Å². The average molecular weight is 196 g/mol. The second-order valence-electron chi connectivity index (χ2n) is 4.15. The van der Waals surface area contributed by atoms with Gasteiger partial charge in [-0.2, -0.15) is 0 Å². The van der Waals surface area contributed by atoms with Crippen LogP contribution in [0, 0.1) is 11.5 Å². The topological polar surface area (TPSA) is 20.2 Å². The van der Waals surface area contributed by atoms with E-state index in [9.17, 15) is 5.11 Å². The molecule has 1 nitrogen and oxygen atoms in total. The third-order valence-corrected chi connectivity index (χ3v) is 2.27. The van der Waals surface area contributed by atoms with E-state index in [1.165, 1.54) is 0 Å². The summed E-state index contributed by atoms with van der Waals surface area (Å²) in [5.74, 6) is 2.90. The predicted octanol–water partition coefficient (Wildman–Crippen LogP) is 2.58. The zero-order valence-corrected chi connectivity index (χ0v) is 10.1. The van der Waals surface area contributed by atoms with Gasteiger partial charge in [0.25, 0.3) is 0 Å². The van der Waals surface area contributed by atoms with Crippen molar-refractivity contribution in [2.75, 3.05) is 0 Å². The SMILES string of the molecule is CC/C=C\C[C@@H](O)C#C[Si](C)(C)C. The molecule has 2 heteroatoms. The van der Waals surface area contributed by atoms with Crippen LogP contribution in [0.3, 0.4) is 0 Å². The normalized spacial score (nSPS) is 13.9. The number of aliphatic hydroxyl groups excluding tert-OH is 1. The molecule has 0 saturated carbocycles. The minimum absolute atomic E-state index is 0.477. The minimum Gasteiger partial charge on any atom is -0.380 e. The maximum atomic E-state index is 9.44. The van der Waals surface area contributed by atoms with Gasteiger partial charge in [0.2, 0.25) is 0 Å². The predicted molar refractivity (Wildman–Crippen MR) is 61.2 cm³/mol. The molecule has 0 aromatic rings. The smallest absolute Gasteiger partial charge is 0.129 e. The standard InChI is InChI=1S/C11H20OSi/c1-5-6-7-8-11(12)9-10-13(2,3)4/h6-7,11-12H,5,8H2,1-4H3/b7-6-/t11-/m1/s1. The quantitative estimate of drug-likeness (QED) is 0.418. The highest BCUT2D eigenvalue weighted by Gasteiger charge is 2.08. The first-order valence-electron chi connectivity index (χ1n) is 4.81. The Labute approximate surface area is 82.9 Å². The first kappa shape index (κ1) is 12.5. The van der Waals surface area contributed by atoms with Crippen LogP contribution in [0.25, 0.3) is 0 Å². The van der Waals surface area contributed by atoms with Crippen LogP contribution in [0.2, 0.25) is 19.6 Å². The van der Waals surface area contributed by atoms with Gasteiger partial charge in [-0.25, -0.2) is 0 Å². The highest BCUT2D eigenvalue weighted by atomic mass is 28.3. The van der Waals surface area contributed by atoms with Crippen LogP contribution >= 0.6 is 0 Å². The van der Waals surface area contributed by atoms with Gasteiger partial charge in [0.15, 0.2) is 0 Å². The van der Waals surface area contributed by atoms with Gasteiger partial charge in [-0.3, -0.25) is 0 Å². The molecule has 0 spiro atoms. The van der Waals surface area contributed by atoms with Crippen molar-refractivity contribution in [3.63, 3.8) is 0 Å².